The summed E-state index contributed by atoms with van der Waals surface area (Å²) in [5.41, 5.74) is 3.29. The molecule has 1 aromatic heterocycles. The first-order valence-electron chi connectivity index (χ1n) is 7.50. The molecule has 1 fully saturated rings. The lowest BCUT2D eigenvalue weighted by atomic mass is 10.2. The largest absolute Gasteiger partial charge is 0.378 e. The van der Waals surface area contributed by atoms with Crippen molar-refractivity contribution in [2.24, 2.45) is 0 Å². The van der Waals surface area contributed by atoms with Crippen LogP contribution in [0, 0.1) is 6.92 Å². The molecule has 1 saturated heterocycles. The summed E-state index contributed by atoms with van der Waals surface area (Å²) in [6.07, 6.45) is 1.67. The van der Waals surface area contributed by atoms with Crippen LogP contribution in [0.25, 0.3) is 0 Å². The Hall–Kier alpha value is -2.11. The van der Waals surface area contributed by atoms with Crippen molar-refractivity contribution in [2.75, 3.05) is 31.6 Å². The van der Waals surface area contributed by atoms with E-state index in [0.717, 1.165) is 16.9 Å². The molecule has 120 valence electrons. The van der Waals surface area contributed by atoms with Gasteiger partial charge >= 0.3 is 0 Å². The second-order valence-electron chi connectivity index (χ2n) is 5.42. The van der Waals surface area contributed by atoms with Gasteiger partial charge in [-0.05, 0) is 42.8 Å². The van der Waals surface area contributed by atoms with Crippen LogP contribution < -0.4 is 5.32 Å². The lowest BCUT2D eigenvalue weighted by molar-refractivity contribution is 0.0299. The van der Waals surface area contributed by atoms with Crippen LogP contribution in [-0.4, -0.2) is 42.1 Å². The van der Waals surface area contributed by atoms with Crippen molar-refractivity contribution in [1.29, 1.82) is 0 Å². The van der Waals surface area contributed by atoms with Crippen molar-refractivity contribution >= 4 is 28.9 Å². The van der Waals surface area contributed by atoms with Crippen molar-refractivity contribution in [1.82, 2.24) is 9.88 Å². The second kappa shape index (κ2) is 6.98. The fourth-order valence-corrected chi connectivity index (χ4v) is 2.67. The zero-order valence-corrected chi connectivity index (χ0v) is 13.6. The smallest absolute Gasteiger partial charge is 0.272 e. The molecular formula is C17H18ClN3O2. The van der Waals surface area contributed by atoms with Gasteiger partial charge in [0.25, 0.3) is 5.91 Å². The topological polar surface area (TPSA) is 54.5 Å². The van der Waals surface area contributed by atoms with Crippen molar-refractivity contribution in [2.45, 2.75) is 6.92 Å². The number of hydrogen-bond donors (Lipinski definition) is 1. The van der Waals surface area contributed by atoms with E-state index in [1.165, 1.54) is 0 Å². The molecule has 2 aromatic rings. The molecule has 2 heterocycles. The monoisotopic (exact) mass is 331 g/mol. The number of aromatic nitrogens is 1. The molecule has 0 aliphatic carbocycles. The molecule has 6 heteroatoms. The highest BCUT2D eigenvalue weighted by Crippen LogP contribution is 2.23. The van der Waals surface area contributed by atoms with Crippen molar-refractivity contribution < 1.29 is 9.53 Å². The molecule has 0 radical (unpaired) electrons. The fraction of sp³-hybridized carbons (Fsp3) is 0.294. The summed E-state index contributed by atoms with van der Waals surface area (Å²) in [5, 5.41) is 3.99. The second-order valence-corrected chi connectivity index (χ2v) is 5.86. The quantitative estimate of drug-likeness (QED) is 0.938. The number of carbonyl (C=O) groups excluding carboxylic acids is 1. The maximum atomic E-state index is 12.3. The zero-order chi connectivity index (χ0) is 16.2. The third-order valence-electron chi connectivity index (χ3n) is 3.75. The average molecular weight is 332 g/mol. The summed E-state index contributed by atoms with van der Waals surface area (Å²) in [6, 6.07) is 9.25. The zero-order valence-electron chi connectivity index (χ0n) is 12.9. The van der Waals surface area contributed by atoms with E-state index in [9.17, 15) is 4.79 Å². The van der Waals surface area contributed by atoms with Crippen molar-refractivity contribution in [3.63, 3.8) is 0 Å². The van der Waals surface area contributed by atoms with Gasteiger partial charge in [0.2, 0.25) is 0 Å². The van der Waals surface area contributed by atoms with Crippen LogP contribution in [0.5, 0.6) is 0 Å². The first-order chi connectivity index (χ1) is 11.1. The summed E-state index contributed by atoms with van der Waals surface area (Å²) in [5.74, 6) is -0.0532. The third-order valence-corrected chi connectivity index (χ3v) is 3.98. The van der Waals surface area contributed by atoms with E-state index in [1.54, 1.807) is 17.2 Å². The van der Waals surface area contributed by atoms with Crippen LogP contribution in [0.4, 0.5) is 11.4 Å². The van der Waals surface area contributed by atoms with E-state index in [-0.39, 0.29) is 5.91 Å². The van der Waals surface area contributed by atoms with Gasteiger partial charge in [-0.15, -0.1) is 0 Å². The number of ether oxygens (including phenoxy) is 1. The molecule has 23 heavy (non-hydrogen) atoms. The summed E-state index contributed by atoms with van der Waals surface area (Å²) >= 11 is 5.96. The molecule has 0 bridgehead atoms. The molecule has 1 aliphatic rings. The number of hydrogen-bond acceptors (Lipinski definition) is 4. The molecule has 0 atom stereocenters. The maximum Gasteiger partial charge on any atom is 0.272 e. The number of anilines is 2. The number of rotatable bonds is 3. The normalized spacial score (nSPS) is 14.6. The Morgan fingerprint density at radius 2 is 2.04 bits per heavy atom. The number of morpholine rings is 1. The Labute approximate surface area is 140 Å². The lowest BCUT2D eigenvalue weighted by Gasteiger charge is -2.26. The van der Waals surface area contributed by atoms with Gasteiger partial charge in [0.15, 0.2) is 0 Å². The average Bonchev–Trinajstić information content (AvgIpc) is 2.58. The van der Waals surface area contributed by atoms with Crippen LogP contribution in [0.1, 0.15) is 16.1 Å². The van der Waals surface area contributed by atoms with E-state index < -0.39 is 0 Å². The van der Waals surface area contributed by atoms with Crippen LogP contribution in [0.15, 0.2) is 36.5 Å². The summed E-state index contributed by atoms with van der Waals surface area (Å²) < 4.78 is 5.26. The highest BCUT2D eigenvalue weighted by Gasteiger charge is 2.19. The standard InChI is InChI=1S/C17H18ClN3O2/c1-12-10-13(18)2-4-15(12)20-14-3-5-16(19-11-14)17(22)21-6-8-23-9-7-21/h2-5,10-11,20H,6-9H2,1H3. The van der Waals surface area contributed by atoms with E-state index in [0.29, 0.717) is 37.0 Å². The summed E-state index contributed by atoms with van der Waals surface area (Å²) in [7, 11) is 0. The van der Waals surface area contributed by atoms with E-state index in [4.69, 9.17) is 16.3 Å². The predicted molar refractivity (Wildman–Crippen MR) is 90.4 cm³/mol. The van der Waals surface area contributed by atoms with Crippen molar-refractivity contribution in [3.8, 4) is 0 Å². The molecule has 0 unspecified atom stereocenters. The molecule has 0 saturated carbocycles. The van der Waals surface area contributed by atoms with Crippen LogP contribution in [0.3, 0.4) is 0 Å². The summed E-state index contributed by atoms with van der Waals surface area (Å²) in [4.78, 5) is 18.4. The van der Waals surface area contributed by atoms with Crippen LogP contribution in [-0.2, 0) is 4.74 Å². The number of pyridine rings is 1. The predicted octanol–water partition coefficient (Wildman–Crippen LogP) is 3.26. The SMILES string of the molecule is Cc1cc(Cl)ccc1Nc1ccc(C(=O)N2CCOCC2)nc1. The van der Waals surface area contributed by atoms with Gasteiger partial charge < -0.3 is 15.0 Å². The minimum atomic E-state index is -0.0532. The van der Waals surface area contributed by atoms with E-state index >= 15 is 0 Å². The lowest BCUT2D eigenvalue weighted by Crippen LogP contribution is -2.41. The Morgan fingerprint density at radius 1 is 1.26 bits per heavy atom. The molecule has 1 aliphatic heterocycles. The Bertz CT molecular complexity index is 697. The molecular weight excluding hydrogens is 314 g/mol. The number of amides is 1. The Morgan fingerprint density at radius 3 is 2.70 bits per heavy atom. The molecule has 0 spiro atoms. The molecule has 1 aromatic carbocycles. The third kappa shape index (κ3) is 3.81. The highest BCUT2D eigenvalue weighted by molar-refractivity contribution is 6.30. The number of benzene rings is 1. The van der Waals surface area contributed by atoms with Gasteiger partial charge in [-0.2, -0.15) is 0 Å². The van der Waals surface area contributed by atoms with E-state index in [2.05, 4.69) is 10.3 Å². The van der Waals surface area contributed by atoms with Crippen LogP contribution >= 0.6 is 11.6 Å². The first kappa shape index (κ1) is 15.8. The van der Waals surface area contributed by atoms with Gasteiger partial charge in [0.05, 0.1) is 25.1 Å². The van der Waals surface area contributed by atoms with Gasteiger partial charge in [0.1, 0.15) is 5.69 Å². The van der Waals surface area contributed by atoms with Gasteiger partial charge in [-0.25, -0.2) is 4.98 Å². The molecule has 1 N–H and O–H groups in total. The number of carbonyl (C=O) groups is 1. The van der Waals surface area contributed by atoms with E-state index in [1.807, 2.05) is 31.2 Å². The maximum absolute atomic E-state index is 12.3. The highest BCUT2D eigenvalue weighted by atomic mass is 35.5. The van der Waals surface area contributed by atoms with Crippen molar-refractivity contribution in [3.05, 3.63) is 52.8 Å². The minimum absolute atomic E-state index is 0.0532. The van der Waals surface area contributed by atoms with Crippen LogP contribution in [0.2, 0.25) is 5.02 Å². The number of nitrogens with zero attached hydrogens (tertiary/aromatic N) is 2. The first-order valence-corrected chi connectivity index (χ1v) is 7.87. The minimum Gasteiger partial charge on any atom is -0.378 e. The van der Waals surface area contributed by atoms with Gasteiger partial charge in [-0.3, -0.25) is 4.79 Å². The van der Waals surface area contributed by atoms with Gasteiger partial charge in [-0.1, -0.05) is 11.6 Å². The summed E-state index contributed by atoms with van der Waals surface area (Å²) in [6.45, 7) is 4.38. The number of halogens is 1. The Balaban J connectivity index is 1.70. The fourth-order valence-electron chi connectivity index (χ4n) is 2.45. The molecule has 5 nitrogen and oxygen atoms in total. The number of aryl methyl sites for hydroxylation is 1. The van der Waals surface area contributed by atoms with Gasteiger partial charge in [0, 0.05) is 23.8 Å². The molecule has 1 amide bonds. The number of nitrogens with one attached hydrogen (secondary N) is 1. The molecule has 3 rings (SSSR count). The Kier molecular flexibility index (Phi) is 4.79.